The normalized spacial score (nSPS) is 11.2. The van der Waals surface area contributed by atoms with E-state index in [1.807, 2.05) is 20.8 Å². The van der Waals surface area contributed by atoms with Crippen LogP contribution in [0.1, 0.15) is 29.4 Å². The molecule has 0 aliphatic rings. The van der Waals surface area contributed by atoms with Gasteiger partial charge < -0.3 is 5.11 Å². The number of carbonyl (C=O) groups is 1. The predicted molar refractivity (Wildman–Crippen MR) is 79.0 cm³/mol. The zero-order chi connectivity index (χ0) is 15.6. The van der Waals surface area contributed by atoms with Gasteiger partial charge in [0.05, 0.1) is 5.69 Å². The molecule has 0 amide bonds. The van der Waals surface area contributed by atoms with Crippen molar-refractivity contribution >= 4 is 12.0 Å². The molecule has 0 unspecified atom stereocenters. The lowest BCUT2D eigenvalue weighted by molar-refractivity contribution is -0.131. The van der Waals surface area contributed by atoms with Crippen molar-refractivity contribution < 1.29 is 14.3 Å². The Kier molecular flexibility index (Phi) is 4.21. The number of aliphatic carboxylic acids is 1. The van der Waals surface area contributed by atoms with Gasteiger partial charge in [0.1, 0.15) is 11.5 Å². The second-order valence-corrected chi connectivity index (χ2v) is 4.80. The molecule has 2 aromatic rings. The monoisotopic (exact) mass is 288 g/mol. The third kappa shape index (κ3) is 3.02. The summed E-state index contributed by atoms with van der Waals surface area (Å²) in [6, 6.07) is 4.58. The Hall–Kier alpha value is -2.43. The average molecular weight is 288 g/mol. The molecular formula is C16H17FN2O2. The molecule has 110 valence electrons. The number of halogens is 1. The van der Waals surface area contributed by atoms with Gasteiger partial charge in [-0.15, -0.1) is 0 Å². The first kappa shape index (κ1) is 15.0. The van der Waals surface area contributed by atoms with Crippen LogP contribution >= 0.6 is 0 Å². The van der Waals surface area contributed by atoms with Crippen LogP contribution in [-0.2, 0) is 11.2 Å². The number of benzene rings is 1. The Morgan fingerprint density at radius 2 is 2.14 bits per heavy atom. The van der Waals surface area contributed by atoms with Gasteiger partial charge in [-0.2, -0.15) is 5.10 Å². The van der Waals surface area contributed by atoms with Crippen molar-refractivity contribution in [2.75, 3.05) is 0 Å². The van der Waals surface area contributed by atoms with Crippen LogP contribution in [0.2, 0.25) is 0 Å². The highest BCUT2D eigenvalue weighted by molar-refractivity contribution is 5.85. The number of carboxylic acid groups (broad SMARTS) is 1. The van der Waals surface area contributed by atoms with Gasteiger partial charge in [0, 0.05) is 11.8 Å². The topological polar surface area (TPSA) is 55.1 Å². The van der Waals surface area contributed by atoms with Crippen molar-refractivity contribution in [1.29, 1.82) is 0 Å². The summed E-state index contributed by atoms with van der Waals surface area (Å²) >= 11 is 0. The van der Waals surface area contributed by atoms with Crippen molar-refractivity contribution in [2.45, 2.75) is 27.2 Å². The first-order valence-electron chi connectivity index (χ1n) is 6.70. The van der Waals surface area contributed by atoms with Crippen LogP contribution in [-0.4, -0.2) is 20.9 Å². The molecular weight excluding hydrogens is 271 g/mol. The van der Waals surface area contributed by atoms with E-state index < -0.39 is 11.8 Å². The molecule has 0 aliphatic heterocycles. The summed E-state index contributed by atoms with van der Waals surface area (Å²) in [7, 11) is 0. The second kappa shape index (κ2) is 5.91. The van der Waals surface area contributed by atoms with Gasteiger partial charge in [-0.1, -0.05) is 13.0 Å². The number of hydrogen-bond donors (Lipinski definition) is 1. The number of aromatic nitrogens is 2. The molecule has 0 spiro atoms. The zero-order valence-electron chi connectivity index (χ0n) is 12.2. The molecule has 1 heterocycles. The number of rotatable bonds is 4. The van der Waals surface area contributed by atoms with Crippen LogP contribution in [0, 0.1) is 19.7 Å². The zero-order valence-corrected chi connectivity index (χ0v) is 12.2. The lowest BCUT2D eigenvalue weighted by Crippen LogP contribution is -2.02. The van der Waals surface area contributed by atoms with Crippen LogP contribution in [0.4, 0.5) is 4.39 Å². The van der Waals surface area contributed by atoms with Crippen molar-refractivity contribution in [1.82, 2.24) is 9.78 Å². The van der Waals surface area contributed by atoms with E-state index in [0.717, 1.165) is 29.4 Å². The number of hydrogen-bond acceptors (Lipinski definition) is 2. The van der Waals surface area contributed by atoms with Crippen molar-refractivity contribution in [3.8, 4) is 5.69 Å². The van der Waals surface area contributed by atoms with E-state index in [4.69, 9.17) is 5.11 Å². The molecule has 1 N–H and O–H groups in total. The maximum Gasteiger partial charge on any atom is 0.328 e. The van der Waals surface area contributed by atoms with Gasteiger partial charge in [0.15, 0.2) is 0 Å². The minimum absolute atomic E-state index is 0.364. The van der Waals surface area contributed by atoms with Crippen LogP contribution in [0.3, 0.4) is 0 Å². The number of carboxylic acids is 1. The van der Waals surface area contributed by atoms with E-state index in [1.54, 1.807) is 16.8 Å². The van der Waals surface area contributed by atoms with E-state index >= 15 is 0 Å². The highest BCUT2D eigenvalue weighted by atomic mass is 19.1. The summed E-state index contributed by atoms with van der Waals surface area (Å²) < 4.78 is 15.8. The summed E-state index contributed by atoms with van der Waals surface area (Å²) in [6.45, 7) is 5.86. The maximum absolute atomic E-state index is 14.2. The second-order valence-electron chi connectivity index (χ2n) is 4.80. The standard InChI is InChI=1S/C16H17FN2O2/c1-4-13-10(2)18-19(11(13)3)15-7-5-12(9-14(15)17)6-8-16(20)21/h5-9H,4H2,1-3H3,(H,20,21)/b8-6+. The third-order valence-electron chi connectivity index (χ3n) is 3.41. The Morgan fingerprint density at radius 3 is 2.67 bits per heavy atom. The van der Waals surface area contributed by atoms with E-state index in [0.29, 0.717) is 11.3 Å². The summed E-state index contributed by atoms with van der Waals surface area (Å²) in [5, 5.41) is 13.0. The summed E-state index contributed by atoms with van der Waals surface area (Å²) in [6.07, 6.45) is 3.18. The molecule has 2 rings (SSSR count). The fourth-order valence-corrected chi connectivity index (χ4v) is 2.39. The third-order valence-corrected chi connectivity index (χ3v) is 3.41. The maximum atomic E-state index is 14.2. The summed E-state index contributed by atoms with van der Waals surface area (Å²) in [4.78, 5) is 10.5. The Balaban J connectivity index is 2.44. The fourth-order valence-electron chi connectivity index (χ4n) is 2.39. The van der Waals surface area contributed by atoms with Crippen LogP contribution in [0.15, 0.2) is 24.3 Å². The lowest BCUT2D eigenvalue weighted by atomic mass is 10.1. The van der Waals surface area contributed by atoms with Gasteiger partial charge in [-0.05, 0) is 49.6 Å². The summed E-state index contributed by atoms with van der Waals surface area (Å²) in [5.41, 5.74) is 3.79. The van der Waals surface area contributed by atoms with Crippen molar-refractivity contribution in [3.05, 3.63) is 52.6 Å². The SMILES string of the molecule is CCc1c(C)nn(-c2ccc(/C=C/C(=O)O)cc2F)c1C. The number of nitrogens with zero attached hydrogens (tertiary/aromatic N) is 2. The van der Waals surface area contributed by atoms with E-state index in [-0.39, 0.29) is 0 Å². The van der Waals surface area contributed by atoms with Crippen LogP contribution < -0.4 is 0 Å². The van der Waals surface area contributed by atoms with E-state index in [1.165, 1.54) is 12.1 Å². The first-order chi connectivity index (χ1) is 9.93. The Bertz CT molecular complexity index is 717. The van der Waals surface area contributed by atoms with Crippen LogP contribution in [0.5, 0.6) is 0 Å². The average Bonchev–Trinajstić information content (AvgIpc) is 2.71. The molecule has 0 bridgehead atoms. The first-order valence-corrected chi connectivity index (χ1v) is 6.70. The Labute approximate surface area is 122 Å². The van der Waals surface area contributed by atoms with E-state index in [9.17, 15) is 9.18 Å². The largest absolute Gasteiger partial charge is 0.478 e. The highest BCUT2D eigenvalue weighted by Crippen LogP contribution is 2.21. The Morgan fingerprint density at radius 1 is 1.43 bits per heavy atom. The molecule has 1 aromatic carbocycles. The lowest BCUT2D eigenvalue weighted by Gasteiger charge is -2.07. The van der Waals surface area contributed by atoms with Crippen LogP contribution in [0.25, 0.3) is 11.8 Å². The van der Waals surface area contributed by atoms with Gasteiger partial charge in [-0.25, -0.2) is 13.9 Å². The number of aryl methyl sites for hydroxylation is 1. The molecule has 5 heteroatoms. The highest BCUT2D eigenvalue weighted by Gasteiger charge is 2.14. The van der Waals surface area contributed by atoms with Crippen molar-refractivity contribution in [2.24, 2.45) is 0 Å². The smallest absolute Gasteiger partial charge is 0.328 e. The fraction of sp³-hybridized carbons (Fsp3) is 0.250. The molecule has 0 aliphatic carbocycles. The minimum Gasteiger partial charge on any atom is -0.478 e. The van der Waals surface area contributed by atoms with E-state index in [2.05, 4.69) is 5.10 Å². The molecule has 0 radical (unpaired) electrons. The molecule has 0 saturated carbocycles. The van der Waals surface area contributed by atoms with Gasteiger partial charge in [-0.3, -0.25) is 0 Å². The van der Waals surface area contributed by atoms with Gasteiger partial charge in [0.2, 0.25) is 0 Å². The molecule has 0 fully saturated rings. The molecule has 21 heavy (non-hydrogen) atoms. The van der Waals surface area contributed by atoms with Gasteiger partial charge in [0.25, 0.3) is 0 Å². The van der Waals surface area contributed by atoms with Gasteiger partial charge >= 0.3 is 5.97 Å². The molecule has 0 saturated heterocycles. The molecule has 1 aromatic heterocycles. The van der Waals surface area contributed by atoms with Crippen molar-refractivity contribution in [3.63, 3.8) is 0 Å². The minimum atomic E-state index is -1.06. The molecule has 0 atom stereocenters. The quantitative estimate of drug-likeness (QED) is 0.878. The summed E-state index contributed by atoms with van der Waals surface area (Å²) in [5.74, 6) is -1.50. The predicted octanol–water partition coefficient (Wildman–Crippen LogP) is 3.29. The molecule has 4 nitrogen and oxygen atoms in total.